The monoisotopic (exact) mass is 476 g/mol. The molecule has 9 nitrogen and oxygen atoms in total. The van der Waals surface area contributed by atoms with E-state index in [-0.39, 0.29) is 24.3 Å². The highest BCUT2D eigenvalue weighted by Crippen LogP contribution is 2.24. The first-order chi connectivity index (χ1) is 16.9. The van der Waals surface area contributed by atoms with Crippen LogP contribution in [0.2, 0.25) is 0 Å². The summed E-state index contributed by atoms with van der Waals surface area (Å²) in [6.45, 7) is 4.76. The zero-order chi connectivity index (χ0) is 24.9. The van der Waals surface area contributed by atoms with Crippen LogP contribution in [0.4, 0.5) is 5.95 Å². The van der Waals surface area contributed by atoms with E-state index in [0.717, 1.165) is 17.1 Å². The summed E-state index contributed by atoms with van der Waals surface area (Å²) in [7, 11) is 1.34. The molecule has 1 saturated heterocycles. The fourth-order valence-electron chi connectivity index (χ4n) is 4.41. The summed E-state index contributed by atoms with van der Waals surface area (Å²) >= 11 is 0. The van der Waals surface area contributed by atoms with Crippen molar-refractivity contribution in [2.24, 2.45) is 5.92 Å². The standard InChI is InChI=1S/C26H28N4O5/c1-17-15-22(18(2)30(17)21-7-5-19(6-8-21)24(32)34-3)23(31)16-35-25(33)20-9-13-29(14-10-20)26-27-11-4-12-28-26/h4-8,11-12,15,20H,9-10,13-14,16H2,1-3H3. The molecular weight excluding hydrogens is 448 g/mol. The van der Waals surface area contributed by atoms with Crippen LogP contribution in [0.5, 0.6) is 0 Å². The molecule has 182 valence electrons. The summed E-state index contributed by atoms with van der Waals surface area (Å²) in [4.78, 5) is 47.7. The average Bonchev–Trinajstić information content (AvgIpc) is 3.20. The van der Waals surface area contributed by atoms with E-state index in [2.05, 4.69) is 9.97 Å². The molecule has 1 aromatic carbocycles. The molecule has 0 atom stereocenters. The van der Waals surface area contributed by atoms with Gasteiger partial charge in [0, 0.05) is 48.1 Å². The number of piperidine rings is 1. The van der Waals surface area contributed by atoms with Crippen molar-refractivity contribution in [1.82, 2.24) is 14.5 Å². The number of carbonyl (C=O) groups excluding carboxylic acids is 3. The number of anilines is 1. The predicted octanol–water partition coefficient (Wildman–Crippen LogP) is 3.31. The Morgan fingerprint density at radius 3 is 2.31 bits per heavy atom. The molecule has 1 fully saturated rings. The fraction of sp³-hybridized carbons (Fsp3) is 0.346. The Morgan fingerprint density at radius 1 is 1.03 bits per heavy atom. The maximum absolute atomic E-state index is 12.9. The highest BCUT2D eigenvalue weighted by atomic mass is 16.5. The van der Waals surface area contributed by atoms with Gasteiger partial charge in [-0.3, -0.25) is 9.59 Å². The lowest BCUT2D eigenvalue weighted by atomic mass is 9.97. The van der Waals surface area contributed by atoms with E-state index in [1.54, 1.807) is 48.8 Å². The number of Topliss-reactive ketones (excluding diaryl/α,β-unsaturated/α-hetero) is 1. The van der Waals surface area contributed by atoms with Crippen LogP contribution in [0.15, 0.2) is 48.8 Å². The SMILES string of the molecule is COC(=O)c1ccc(-n2c(C)cc(C(=O)COC(=O)C3CCN(c4ncccn4)CC3)c2C)cc1. The molecule has 0 saturated carbocycles. The number of hydrogen-bond donors (Lipinski definition) is 0. The summed E-state index contributed by atoms with van der Waals surface area (Å²) in [5.74, 6) is -0.597. The van der Waals surface area contributed by atoms with E-state index in [9.17, 15) is 14.4 Å². The second-order valence-electron chi connectivity index (χ2n) is 8.50. The Balaban J connectivity index is 1.36. The van der Waals surface area contributed by atoms with Gasteiger partial charge in [0.15, 0.2) is 6.61 Å². The molecule has 3 aromatic rings. The summed E-state index contributed by atoms with van der Waals surface area (Å²) in [5, 5.41) is 0. The molecular formula is C26H28N4O5. The minimum absolute atomic E-state index is 0.247. The maximum atomic E-state index is 12.9. The van der Waals surface area contributed by atoms with Crippen molar-refractivity contribution in [3.8, 4) is 5.69 Å². The lowest BCUT2D eigenvalue weighted by Crippen LogP contribution is -2.38. The first kappa shape index (κ1) is 24.1. The number of rotatable bonds is 7. The number of aromatic nitrogens is 3. The van der Waals surface area contributed by atoms with E-state index in [4.69, 9.17) is 9.47 Å². The zero-order valence-electron chi connectivity index (χ0n) is 20.1. The van der Waals surface area contributed by atoms with Gasteiger partial charge >= 0.3 is 11.9 Å². The van der Waals surface area contributed by atoms with Crippen molar-refractivity contribution in [2.75, 3.05) is 31.7 Å². The molecule has 0 unspecified atom stereocenters. The number of ketones is 1. The van der Waals surface area contributed by atoms with E-state index in [0.29, 0.717) is 43.0 Å². The third-order valence-corrected chi connectivity index (χ3v) is 6.29. The molecule has 4 rings (SSSR count). The van der Waals surface area contributed by atoms with Gasteiger partial charge in [-0.25, -0.2) is 14.8 Å². The molecule has 1 aliphatic rings. The molecule has 0 radical (unpaired) electrons. The molecule has 0 aliphatic carbocycles. The van der Waals surface area contributed by atoms with Gasteiger partial charge in [-0.1, -0.05) is 0 Å². The number of nitrogens with zero attached hydrogens (tertiary/aromatic N) is 4. The third kappa shape index (κ3) is 5.24. The highest BCUT2D eigenvalue weighted by molar-refractivity contribution is 5.99. The van der Waals surface area contributed by atoms with Crippen molar-refractivity contribution in [2.45, 2.75) is 26.7 Å². The van der Waals surface area contributed by atoms with Crippen LogP contribution in [-0.2, 0) is 14.3 Å². The predicted molar refractivity (Wildman–Crippen MR) is 129 cm³/mol. The van der Waals surface area contributed by atoms with E-state index in [1.165, 1.54) is 7.11 Å². The van der Waals surface area contributed by atoms with Gasteiger partial charge in [0.05, 0.1) is 18.6 Å². The molecule has 2 aromatic heterocycles. The van der Waals surface area contributed by atoms with Gasteiger partial charge < -0.3 is 18.9 Å². The molecule has 0 N–H and O–H groups in total. The first-order valence-electron chi connectivity index (χ1n) is 11.5. The molecule has 3 heterocycles. The van der Waals surface area contributed by atoms with E-state index in [1.807, 2.05) is 23.3 Å². The van der Waals surface area contributed by atoms with Crippen molar-refractivity contribution in [3.05, 3.63) is 71.3 Å². The number of carbonyl (C=O) groups is 3. The summed E-state index contributed by atoms with van der Waals surface area (Å²) < 4.78 is 12.1. The van der Waals surface area contributed by atoms with Crippen LogP contribution in [0.1, 0.15) is 44.9 Å². The largest absolute Gasteiger partial charge is 0.465 e. The second kappa shape index (κ2) is 10.5. The maximum Gasteiger partial charge on any atom is 0.337 e. The van der Waals surface area contributed by atoms with Gasteiger partial charge in [0.1, 0.15) is 0 Å². The quantitative estimate of drug-likeness (QED) is 0.378. The van der Waals surface area contributed by atoms with Crippen LogP contribution in [-0.4, -0.2) is 59.1 Å². The molecule has 0 bridgehead atoms. The smallest absolute Gasteiger partial charge is 0.337 e. The minimum Gasteiger partial charge on any atom is -0.465 e. The van der Waals surface area contributed by atoms with Crippen molar-refractivity contribution in [1.29, 1.82) is 0 Å². The fourth-order valence-corrected chi connectivity index (χ4v) is 4.41. The number of esters is 2. The Morgan fingerprint density at radius 2 is 1.69 bits per heavy atom. The van der Waals surface area contributed by atoms with Crippen molar-refractivity contribution >= 4 is 23.7 Å². The molecule has 0 amide bonds. The Hall–Kier alpha value is -4.01. The van der Waals surface area contributed by atoms with Gasteiger partial charge in [-0.15, -0.1) is 0 Å². The number of ether oxygens (including phenoxy) is 2. The van der Waals surface area contributed by atoms with Crippen LogP contribution in [0.3, 0.4) is 0 Å². The molecule has 35 heavy (non-hydrogen) atoms. The van der Waals surface area contributed by atoms with Crippen molar-refractivity contribution < 1.29 is 23.9 Å². The van der Waals surface area contributed by atoms with Crippen LogP contribution in [0, 0.1) is 19.8 Å². The average molecular weight is 477 g/mol. The number of aryl methyl sites for hydroxylation is 1. The van der Waals surface area contributed by atoms with Gasteiger partial charge in [-0.05, 0) is 63.1 Å². The molecule has 9 heteroatoms. The van der Waals surface area contributed by atoms with E-state index >= 15 is 0 Å². The second-order valence-corrected chi connectivity index (χ2v) is 8.50. The van der Waals surface area contributed by atoms with Gasteiger partial charge in [-0.2, -0.15) is 0 Å². The number of methoxy groups -OCH3 is 1. The van der Waals surface area contributed by atoms with Gasteiger partial charge in [0.2, 0.25) is 11.7 Å². The van der Waals surface area contributed by atoms with Crippen molar-refractivity contribution in [3.63, 3.8) is 0 Å². The lowest BCUT2D eigenvalue weighted by Gasteiger charge is -2.30. The molecule has 0 spiro atoms. The minimum atomic E-state index is -0.408. The first-order valence-corrected chi connectivity index (χ1v) is 11.5. The highest BCUT2D eigenvalue weighted by Gasteiger charge is 2.28. The zero-order valence-corrected chi connectivity index (χ0v) is 20.1. The normalized spacial score (nSPS) is 14.0. The van der Waals surface area contributed by atoms with E-state index < -0.39 is 5.97 Å². The summed E-state index contributed by atoms with van der Waals surface area (Å²) in [6.07, 6.45) is 4.65. The number of hydrogen-bond acceptors (Lipinski definition) is 8. The topological polar surface area (TPSA) is 104 Å². The Bertz CT molecular complexity index is 1210. The summed E-state index contributed by atoms with van der Waals surface area (Å²) in [6, 6.07) is 10.5. The molecule has 1 aliphatic heterocycles. The van der Waals surface area contributed by atoms with Crippen LogP contribution in [0.25, 0.3) is 5.69 Å². The Labute approximate surface area is 203 Å². The summed E-state index contributed by atoms with van der Waals surface area (Å²) in [5.41, 5.74) is 3.37. The van der Waals surface area contributed by atoms with Crippen LogP contribution >= 0.6 is 0 Å². The van der Waals surface area contributed by atoms with Gasteiger partial charge in [0.25, 0.3) is 0 Å². The Kier molecular flexibility index (Phi) is 7.24. The third-order valence-electron chi connectivity index (χ3n) is 6.29. The lowest BCUT2D eigenvalue weighted by molar-refractivity contribution is -0.148. The number of benzene rings is 1. The van der Waals surface area contributed by atoms with Crippen LogP contribution < -0.4 is 4.90 Å².